The minimum atomic E-state index is -0.561. The number of carbonyl (C=O) groups excluding carboxylic acids is 2. The minimum Gasteiger partial charge on any atom is -0.347 e. The van der Waals surface area contributed by atoms with Gasteiger partial charge in [-0.2, -0.15) is 0 Å². The number of carbonyl (C=O) groups is 2. The second kappa shape index (κ2) is 7.22. The van der Waals surface area contributed by atoms with Crippen molar-refractivity contribution in [3.05, 3.63) is 29.8 Å². The number of nitrogens with one attached hydrogen (secondary N) is 2. The third-order valence-electron chi connectivity index (χ3n) is 2.85. The highest BCUT2D eigenvalue weighted by molar-refractivity contribution is 6.04. The molecule has 21 heavy (non-hydrogen) atoms. The van der Waals surface area contributed by atoms with Gasteiger partial charge < -0.3 is 16.4 Å². The number of rotatable bonds is 5. The molecular weight excluding hydrogens is 266 g/mol. The first-order chi connectivity index (χ1) is 9.74. The molecule has 0 spiro atoms. The van der Waals surface area contributed by atoms with Crippen molar-refractivity contribution in [3.8, 4) is 0 Å². The van der Waals surface area contributed by atoms with E-state index in [2.05, 4.69) is 10.6 Å². The third-order valence-corrected chi connectivity index (χ3v) is 2.85. The van der Waals surface area contributed by atoms with Gasteiger partial charge in [0.2, 0.25) is 5.91 Å². The first kappa shape index (κ1) is 17.2. The van der Waals surface area contributed by atoms with E-state index in [9.17, 15) is 9.59 Å². The van der Waals surface area contributed by atoms with E-state index in [4.69, 9.17) is 5.73 Å². The van der Waals surface area contributed by atoms with Gasteiger partial charge in [0.15, 0.2) is 0 Å². The van der Waals surface area contributed by atoms with Crippen molar-refractivity contribution in [1.82, 2.24) is 5.32 Å². The normalized spacial score (nSPS) is 12.6. The number of hydrogen-bond acceptors (Lipinski definition) is 3. The van der Waals surface area contributed by atoms with Crippen LogP contribution in [0.15, 0.2) is 24.3 Å². The van der Waals surface area contributed by atoms with Gasteiger partial charge in [0, 0.05) is 5.54 Å². The van der Waals surface area contributed by atoms with Crippen LogP contribution in [0, 0.1) is 0 Å². The first-order valence-electron chi connectivity index (χ1n) is 7.22. The predicted molar refractivity (Wildman–Crippen MR) is 85.2 cm³/mol. The molecule has 5 heteroatoms. The fourth-order valence-electron chi connectivity index (χ4n) is 1.87. The molecular formula is C16H25N3O2. The van der Waals surface area contributed by atoms with Crippen LogP contribution in [0.1, 0.15) is 50.9 Å². The summed E-state index contributed by atoms with van der Waals surface area (Å²) in [5, 5.41) is 5.62. The monoisotopic (exact) mass is 291 g/mol. The molecule has 0 saturated carbocycles. The Labute approximate surface area is 126 Å². The number of para-hydroxylation sites is 1. The highest BCUT2D eigenvalue weighted by Gasteiger charge is 2.20. The van der Waals surface area contributed by atoms with Crippen LogP contribution in [0.3, 0.4) is 0 Å². The second-order valence-corrected chi connectivity index (χ2v) is 6.13. The zero-order valence-electron chi connectivity index (χ0n) is 13.2. The molecule has 0 aliphatic heterocycles. The van der Waals surface area contributed by atoms with Crippen LogP contribution in [0.5, 0.6) is 0 Å². The lowest BCUT2D eigenvalue weighted by molar-refractivity contribution is -0.117. The topological polar surface area (TPSA) is 84.2 Å². The van der Waals surface area contributed by atoms with E-state index in [1.165, 1.54) is 0 Å². The lowest BCUT2D eigenvalue weighted by atomic mass is 10.1. The average Bonchev–Trinajstić information content (AvgIpc) is 2.37. The molecule has 1 aromatic rings. The van der Waals surface area contributed by atoms with E-state index in [-0.39, 0.29) is 17.4 Å². The standard InChI is InChI=1S/C16H25N3O2/c1-5-8-12(17)15(21)18-13-10-7-6-9-11(13)14(20)19-16(2,3)4/h6-7,9-10,12H,5,8,17H2,1-4H3,(H,18,21)(H,19,20). The Bertz CT molecular complexity index is 506. The molecule has 0 saturated heterocycles. The quantitative estimate of drug-likeness (QED) is 0.778. The maximum absolute atomic E-state index is 12.3. The smallest absolute Gasteiger partial charge is 0.253 e. The lowest BCUT2D eigenvalue weighted by Gasteiger charge is -2.22. The summed E-state index contributed by atoms with van der Waals surface area (Å²) in [7, 11) is 0. The Kier molecular flexibility index (Phi) is 5.90. The van der Waals surface area contributed by atoms with Crippen LogP contribution < -0.4 is 16.4 Å². The Balaban J connectivity index is 2.89. The maximum Gasteiger partial charge on any atom is 0.253 e. The summed E-state index contributed by atoms with van der Waals surface area (Å²) in [5.74, 6) is -0.490. The van der Waals surface area contributed by atoms with E-state index in [1.807, 2.05) is 27.7 Å². The number of nitrogens with two attached hydrogens (primary N) is 1. The van der Waals surface area contributed by atoms with Gasteiger partial charge in [-0.05, 0) is 39.3 Å². The zero-order valence-corrected chi connectivity index (χ0v) is 13.2. The van der Waals surface area contributed by atoms with Crippen LogP contribution in [0.2, 0.25) is 0 Å². The molecule has 116 valence electrons. The summed E-state index contributed by atoms with van der Waals surface area (Å²) in [6.45, 7) is 7.69. The highest BCUT2D eigenvalue weighted by atomic mass is 16.2. The lowest BCUT2D eigenvalue weighted by Crippen LogP contribution is -2.41. The van der Waals surface area contributed by atoms with E-state index >= 15 is 0 Å². The Morgan fingerprint density at radius 1 is 1.24 bits per heavy atom. The molecule has 0 bridgehead atoms. The summed E-state index contributed by atoms with van der Waals surface area (Å²) < 4.78 is 0. The van der Waals surface area contributed by atoms with Crippen LogP contribution in [-0.2, 0) is 4.79 Å². The van der Waals surface area contributed by atoms with Crippen molar-refractivity contribution >= 4 is 17.5 Å². The highest BCUT2D eigenvalue weighted by Crippen LogP contribution is 2.16. The van der Waals surface area contributed by atoms with Crippen molar-refractivity contribution < 1.29 is 9.59 Å². The summed E-state index contributed by atoms with van der Waals surface area (Å²) in [6, 6.07) is 6.36. The average molecular weight is 291 g/mol. The van der Waals surface area contributed by atoms with E-state index in [1.54, 1.807) is 24.3 Å². The number of benzene rings is 1. The minimum absolute atomic E-state index is 0.220. The van der Waals surface area contributed by atoms with Crippen molar-refractivity contribution in [3.63, 3.8) is 0 Å². The fourth-order valence-corrected chi connectivity index (χ4v) is 1.87. The molecule has 0 fully saturated rings. The Morgan fingerprint density at radius 3 is 2.43 bits per heavy atom. The molecule has 0 aromatic heterocycles. The van der Waals surface area contributed by atoms with Gasteiger partial charge in [-0.15, -0.1) is 0 Å². The number of amides is 2. The van der Waals surface area contributed by atoms with Crippen molar-refractivity contribution in [2.75, 3.05) is 5.32 Å². The van der Waals surface area contributed by atoms with Crippen LogP contribution in [-0.4, -0.2) is 23.4 Å². The van der Waals surface area contributed by atoms with Crippen LogP contribution in [0.4, 0.5) is 5.69 Å². The van der Waals surface area contributed by atoms with E-state index < -0.39 is 6.04 Å². The van der Waals surface area contributed by atoms with Gasteiger partial charge >= 0.3 is 0 Å². The summed E-state index contributed by atoms with van der Waals surface area (Å²) in [4.78, 5) is 24.3. The molecule has 4 N–H and O–H groups in total. The third kappa shape index (κ3) is 5.55. The van der Waals surface area contributed by atoms with Gasteiger partial charge in [-0.3, -0.25) is 9.59 Å². The molecule has 1 atom stereocenters. The molecule has 1 unspecified atom stereocenters. The molecule has 5 nitrogen and oxygen atoms in total. The predicted octanol–water partition coefficient (Wildman–Crippen LogP) is 2.28. The number of anilines is 1. The second-order valence-electron chi connectivity index (χ2n) is 6.13. The molecule has 0 aliphatic rings. The van der Waals surface area contributed by atoms with E-state index in [0.717, 1.165) is 6.42 Å². The van der Waals surface area contributed by atoms with Gasteiger partial charge in [0.05, 0.1) is 17.3 Å². The van der Waals surface area contributed by atoms with Gasteiger partial charge in [0.1, 0.15) is 0 Å². The van der Waals surface area contributed by atoms with Crippen LogP contribution in [0.25, 0.3) is 0 Å². The molecule has 0 heterocycles. The van der Waals surface area contributed by atoms with Gasteiger partial charge in [-0.25, -0.2) is 0 Å². The van der Waals surface area contributed by atoms with Crippen molar-refractivity contribution in [2.24, 2.45) is 5.73 Å². The summed E-state index contributed by atoms with van der Waals surface area (Å²) >= 11 is 0. The summed E-state index contributed by atoms with van der Waals surface area (Å²) in [6.07, 6.45) is 1.45. The Hall–Kier alpha value is -1.88. The zero-order chi connectivity index (χ0) is 16.0. The largest absolute Gasteiger partial charge is 0.347 e. The number of hydrogen-bond donors (Lipinski definition) is 3. The molecule has 1 rings (SSSR count). The molecule has 0 radical (unpaired) electrons. The SMILES string of the molecule is CCCC(N)C(=O)Nc1ccccc1C(=O)NC(C)(C)C. The fraction of sp³-hybridized carbons (Fsp3) is 0.500. The molecule has 1 aromatic carbocycles. The Morgan fingerprint density at radius 2 is 1.86 bits per heavy atom. The van der Waals surface area contributed by atoms with Gasteiger partial charge in [0.25, 0.3) is 5.91 Å². The molecule has 0 aliphatic carbocycles. The van der Waals surface area contributed by atoms with E-state index in [0.29, 0.717) is 17.7 Å². The first-order valence-corrected chi connectivity index (χ1v) is 7.22. The van der Waals surface area contributed by atoms with Gasteiger partial charge in [-0.1, -0.05) is 25.5 Å². The van der Waals surface area contributed by atoms with Crippen LogP contribution >= 0.6 is 0 Å². The van der Waals surface area contributed by atoms with Crippen molar-refractivity contribution in [1.29, 1.82) is 0 Å². The summed E-state index contributed by atoms with van der Waals surface area (Å²) in [5.41, 5.74) is 6.37. The van der Waals surface area contributed by atoms with Crippen molar-refractivity contribution in [2.45, 2.75) is 52.1 Å². The maximum atomic E-state index is 12.3. The molecule has 2 amide bonds.